The fraction of sp³-hybridized carbons (Fsp3) is 0.612. The van der Waals surface area contributed by atoms with E-state index in [-0.39, 0.29) is 37.9 Å². The van der Waals surface area contributed by atoms with Crippen LogP contribution >= 0.6 is 0 Å². The molecule has 368 valence electrons. The molecule has 2 aromatic carbocycles. The Morgan fingerprint density at radius 1 is 0.955 bits per heavy atom. The lowest BCUT2D eigenvalue weighted by Gasteiger charge is -2.48. The molecule has 1 saturated carbocycles. The van der Waals surface area contributed by atoms with Gasteiger partial charge in [0.25, 0.3) is 5.91 Å². The lowest BCUT2D eigenvalue weighted by Crippen LogP contribution is -2.69. The zero-order valence-corrected chi connectivity index (χ0v) is 38.9. The molecule has 15 nitrogen and oxygen atoms in total. The summed E-state index contributed by atoms with van der Waals surface area (Å²) < 4.78 is 67.4. The van der Waals surface area contributed by atoms with Gasteiger partial charge in [-0.3, -0.25) is 24.0 Å². The van der Waals surface area contributed by atoms with E-state index in [1.165, 1.54) is 11.1 Å². The minimum absolute atomic E-state index is 0.00961. The van der Waals surface area contributed by atoms with Crippen LogP contribution in [-0.2, 0) is 60.8 Å². The third-order valence-electron chi connectivity index (χ3n) is 12.4. The molecule has 3 heterocycles. The number of aliphatic hydroxyl groups excluding tert-OH is 1. The van der Waals surface area contributed by atoms with Crippen LogP contribution in [0.2, 0.25) is 0 Å². The van der Waals surface area contributed by atoms with Gasteiger partial charge in [0, 0.05) is 43.9 Å². The first kappa shape index (κ1) is 51.5. The van der Waals surface area contributed by atoms with E-state index in [0.29, 0.717) is 29.5 Å². The van der Waals surface area contributed by atoms with Gasteiger partial charge in [0.1, 0.15) is 35.4 Å². The summed E-state index contributed by atoms with van der Waals surface area (Å²) >= 11 is 0. The number of ether oxygens (including phenoxy) is 5. The van der Waals surface area contributed by atoms with Crippen molar-refractivity contribution in [3.63, 3.8) is 0 Å². The molecule has 0 spiro atoms. The predicted molar refractivity (Wildman–Crippen MR) is 236 cm³/mol. The van der Waals surface area contributed by atoms with Crippen molar-refractivity contribution in [2.45, 2.75) is 172 Å². The number of alkyl halides is 3. The van der Waals surface area contributed by atoms with E-state index < -0.39 is 102 Å². The van der Waals surface area contributed by atoms with Crippen molar-refractivity contribution < 1.29 is 70.8 Å². The smallest absolute Gasteiger partial charge is 0.422 e. The number of unbranched alkanes of at least 4 members (excludes halogenated alkanes) is 4. The van der Waals surface area contributed by atoms with Crippen molar-refractivity contribution in [3.05, 3.63) is 76.9 Å². The number of halogens is 3. The topological polar surface area (TPSA) is 188 Å². The second kappa shape index (κ2) is 22.0. The van der Waals surface area contributed by atoms with Crippen LogP contribution in [0.25, 0.3) is 6.08 Å². The number of hydroxylamine groups is 2. The highest BCUT2D eigenvalue weighted by molar-refractivity contribution is 5.95. The molecule has 3 N–H and O–H groups in total. The number of benzene rings is 2. The zero-order valence-electron chi connectivity index (χ0n) is 38.9. The lowest BCUT2D eigenvalue weighted by molar-refractivity contribution is -0.224. The van der Waals surface area contributed by atoms with Crippen molar-refractivity contribution in [1.82, 2.24) is 15.7 Å². The van der Waals surface area contributed by atoms with E-state index >= 15 is 4.79 Å². The molecule has 4 aliphatic rings. The second-order valence-corrected chi connectivity index (χ2v) is 18.9. The third kappa shape index (κ3) is 13.0. The van der Waals surface area contributed by atoms with Gasteiger partial charge in [-0.1, -0.05) is 75.9 Å². The lowest BCUT2D eigenvalue weighted by atomic mass is 9.62. The Morgan fingerprint density at radius 2 is 1.64 bits per heavy atom. The maximum Gasteiger partial charge on any atom is 0.422 e. The van der Waals surface area contributed by atoms with Crippen molar-refractivity contribution >= 4 is 35.8 Å². The number of hydrogen-bond acceptors (Lipinski definition) is 13. The number of carbonyl (C=O) groups is 5. The van der Waals surface area contributed by atoms with E-state index in [9.17, 15) is 37.5 Å². The monoisotopic (exact) mass is 943 g/mol. The number of amides is 2. The average molecular weight is 944 g/mol. The van der Waals surface area contributed by atoms with Crippen molar-refractivity contribution in [2.24, 2.45) is 5.41 Å². The molecular weight excluding hydrogens is 880 g/mol. The molecule has 2 aromatic rings. The summed E-state index contributed by atoms with van der Waals surface area (Å²) in [6.45, 7) is 7.28. The summed E-state index contributed by atoms with van der Waals surface area (Å²) in [6, 6.07) is 11.3. The van der Waals surface area contributed by atoms with Gasteiger partial charge in [0.2, 0.25) is 5.91 Å². The largest absolute Gasteiger partial charge is 0.460 e. The van der Waals surface area contributed by atoms with Gasteiger partial charge in [-0.05, 0) is 74.9 Å². The third-order valence-corrected chi connectivity index (χ3v) is 12.4. The Kier molecular flexibility index (Phi) is 16.9. The highest BCUT2D eigenvalue weighted by atomic mass is 19.4. The second-order valence-electron chi connectivity index (χ2n) is 18.9. The quantitative estimate of drug-likeness (QED) is 0.0486. The Morgan fingerprint density at radius 3 is 2.31 bits per heavy atom. The van der Waals surface area contributed by atoms with Crippen LogP contribution in [0.1, 0.15) is 132 Å². The maximum absolute atomic E-state index is 15.0. The highest BCUT2D eigenvalue weighted by Crippen LogP contribution is 2.58. The number of hydrogen-bond donors (Lipinski definition) is 3. The van der Waals surface area contributed by atoms with Gasteiger partial charge in [-0.15, -0.1) is 0 Å². The van der Waals surface area contributed by atoms with Crippen LogP contribution in [-0.4, -0.2) is 107 Å². The van der Waals surface area contributed by atoms with Crippen molar-refractivity contribution in [2.75, 3.05) is 13.2 Å². The number of nitrogens with one attached hydrogen (secondary N) is 2. The number of fused-ring (bicyclic) bond motifs is 4. The molecule has 2 amide bonds. The summed E-state index contributed by atoms with van der Waals surface area (Å²) in [6.07, 6.45) is 1.17. The first-order valence-corrected chi connectivity index (χ1v) is 23.3. The Bertz CT molecular complexity index is 2100. The van der Waals surface area contributed by atoms with Gasteiger partial charge in [0.15, 0.2) is 18.4 Å². The van der Waals surface area contributed by atoms with Crippen LogP contribution in [0, 0.1) is 5.41 Å². The standard InChI is InChI=1S/C49H64F3N3O12/c1-6-8-10-22-47(23-11-9-7-2)65-39-36-26-48(45(61)53-27-32-15-13-17-34(25-32)43(59)54-35(29-56)19-21-38(58)64-46(3,4)5)41(44(60)63-36)55(67-42(48)40(39)66-47)28-33-16-12-14-31(24-33)18-20-37(57)62-30-49(50,51)52/h12-18,20,24-25,35-36,39-42,56H,6-11,19,21-23,26-30H2,1-5H3,(H,53,61)(H,54,59). The minimum Gasteiger partial charge on any atom is -0.460 e. The van der Waals surface area contributed by atoms with E-state index in [4.69, 9.17) is 23.8 Å². The summed E-state index contributed by atoms with van der Waals surface area (Å²) in [7, 11) is 0. The summed E-state index contributed by atoms with van der Waals surface area (Å²) in [5, 5.41) is 17.2. The number of nitrogens with zero attached hydrogens (tertiary/aromatic N) is 1. The summed E-state index contributed by atoms with van der Waals surface area (Å²) in [5.41, 5.74) is -0.328. The van der Waals surface area contributed by atoms with Gasteiger partial charge in [-0.2, -0.15) is 18.2 Å². The molecule has 18 heteroatoms. The van der Waals surface area contributed by atoms with E-state index in [1.807, 2.05) is 0 Å². The molecule has 0 radical (unpaired) electrons. The molecular formula is C49H64F3N3O12. The maximum atomic E-state index is 15.0. The molecule has 3 saturated heterocycles. The van der Waals surface area contributed by atoms with E-state index in [1.54, 1.807) is 69.3 Å². The molecule has 4 fully saturated rings. The molecule has 1 aliphatic carbocycles. The summed E-state index contributed by atoms with van der Waals surface area (Å²) in [5.74, 6) is -4.28. The van der Waals surface area contributed by atoms with Crippen LogP contribution < -0.4 is 10.6 Å². The fourth-order valence-electron chi connectivity index (χ4n) is 9.37. The molecule has 0 aromatic heterocycles. The molecule has 67 heavy (non-hydrogen) atoms. The first-order valence-electron chi connectivity index (χ1n) is 23.3. The normalized spacial score (nSPS) is 24.7. The SMILES string of the molecule is CCCCCC1(CCCCC)OC2C3CC4(C(=O)NCc5cccc(C(=O)NC(CO)CCC(=O)OC(C)(C)C)c5)C(ON(Cc5cccc(C=CC(=O)OCC(F)(F)F)c5)C4C(=O)O3)C2O1. The Balaban J connectivity index is 1.24. The van der Waals surface area contributed by atoms with Crippen LogP contribution in [0.4, 0.5) is 13.2 Å². The Labute approximate surface area is 389 Å². The fourth-order valence-corrected chi connectivity index (χ4v) is 9.37. The highest BCUT2D eigenvalue weighted by Gasteiger charge is 2.76. The average Bonchev–Trinajstić information content (AvgIpc) is 3.83. The number of esters is 3. The predicted octanol–water partition coefficient (Wildman–Crippen LogP) is 6.78. The van der Waals surface area contributed by atoms with Crippen molar-refractivity contribution in [3.8, 4) is 0 Å². The molecule has 7 unspecified atom stereocenters. The first-order chi connectivity index (χ1) is 31.8. The van der Waals surface area contributed by atoms with Gasteiger partial charge in [0.05, 0.1) is 19.2 Å². The molecule has 3 aliphatic heterocycles. The Hall–Kier alpha value is -4.88. The number of aliphatic hydroxyl groups is 1. The number of carbonyl (C=O) groups excluding carboxylic acids is 5. The van der Waals surface area contributed by atoms with Crippen molar-refractivity contribution in [1.29, 1.82) is 0 Å². The molecule has 6 rings (SSSR count). The molecule has 7 atom stereocenters. The summed E-state index contributed by atoms with van der Waals surface area (Å²) in [4.78, 5) is 73.7. The molecule has 2 bridgehead atoms. The van der Waals surface area contributed by atoms with Gasteiger partial charge in [-0.25, -0.2) is 4.79 Å². The number of rotatable bonds is 22. The zero-order chi connectivity index (χ0) is 48.6. The van der Waals surface area contributed by atoms with Gasteiger partial charge >= 0.3 is 24.1 Å². The van der Waals surface area contributed by atoms with E-state index in [0.717, 1.165) is 44.6 Å². The van der Waals surface area contributed by atoms with Crippen LogP contribution in [0.15, 0.2) is 54.6 Å². The van der Waals surface area contributed by atoms with Crippen LogP contribution in [0.3, 0.4) is 0 Å². The van der Waals surface area contributed by atoms with Gasteiger partial charge < -0.3 is 39.4 Å². The minimum atomic E-state index is -4.67. The van der Waals surface area contributed by atoms with Crippen LogP contribution in [0.5, 0.6) is 0 Å². The van der Waals surface area contributed by atoms with E-state index in [2.05, 4.69) is 29.2 Å².